The maximum absolute atomic E-state index is 5.87. The Morgan fingerprint density at radius 2 is 1.64 bits per heavy atom. The highest BCUT2D eigenvalue weighted by Crippen LogP contribution is 2.23. The summed E-state index contributed by atoms with van der Waals surface area (Å²) >= 11 is 0. The molecule has 0 aromatic carbocycles. The number of hydrogen-bond donors (Lipinski definition) is 1. The fraction of sp³-hybridized carbons (Fsp3) is 1.00. The molecule has 0 aromatic heterocycles. The first kappa shape index (κ1) is 13.9. The van der Waals surface area contributed by atoms with E-state index in [0.29, 0.717) is 5.92 Å². The molecule has 0 unspecified atom stereocenters. The summed E-state index contributed by atoms with van der Waals surface area (Å²) in [6.45, 7) is 14.5. The van der Waals surface area contributed by atoms with Crippen LogP contribution in [0.1, 0.15) is 48.0 Å². The first-order valence-electron chi connectivity index (χ1n) is 5.55. The summed E-state index contributed by atoms with van der Waals surface area (Å²) < 4.78 is 5.87. The van der Waals surface area contributed by atoms with Crippen LogP contribution in [0.4, 0.5) is 0 Å². The molecule has 0 spiro atoms. The predicted octanol–water partition coefficient (Wildman–Crippen LogP) is 2.81. The lowest BCUT2D eigenvalue weighted by Crippen LogP contribution is -2.33. The second-order valence-corrected chi connectivity index (χ2v) is 5.72. The Bertz CT molecular complexity index is 162. The molecule has 0 saturated carbocycles. The topological polar surface area (TPSA) is 35.2 Å². The summed E-state index contributed by atoms with van der Waals surface area (Å²) in [5.74, 6) is 0.545. The Morgan fingerprint density at radius 1 is 1.14 bits per heavy atom. The van der Waals surface area contributed by atoms with Crippen molar-refractivity contribution < 1.29 is 4.74 Å². The van der Waals surface area contributed by atoms with E-state index in [1.54, 1.807) is 0 Å². The van der Waals surface area contributed by atoms with Gasteiger partial charge in [-0.3, -0.25) is 0 Å². The van der Waals surface area contributed by atoms with Crippen LogP contribution in [0.5, 0.6) is 0 Å². The first-order valence-corrected chi connectivity index (χ1v) is 5.55. The van der Waals surface area contributed by atoms with E-state index >= 15 is 0 Å². The van der Waals surface area contributed by atoms with E-state index in [-0.39, 0.29) is 11.0 Å². The monoisotopic (exact) mass is 201 g/mol. The van der Waals surface area contributed by atoms with Crippen LogP contribution in [0.3, 0.4) is 0 Å². The smallest absolute Gasteiger partial charge is 0.0649 e. The molecule has 0 aliphatic rings. The molecule has 0 amide bonds. The second kappa shape index (κ2) is 5.13. The van der Waals surface area contributed by atoms with Crippen molar-refractivity contribution in [1.82, 2.24) is 0 Å². The van der Waals surface area contributed by atoms with Crippen LogP contribution in [-0.2, 0) is 4.74 Å². The van der Waals surface area contributed by atoms with E-state index in [1.807, 2.05) is 0 Å². The van der Waals surface area contributed by atoms with Crippen LogP contribution in [0.25, 0.3) is 0 Å². The SMILES string of the molecule is CC(C)C(C)(C)OCCC(C)(C)CN. The predicted molar refractivity (Wildman–Crippen MR) is 62.3 cm³/mol. The maximum atomic E-state index is 5.87. The van der Waals surface area contributed by atoms with Gasteiger partial charge in [0.2, 0.25) is 0 Å². The summed E-state index contributed by atoms with van der Waals surface area (Å²) in [7, 11) is 0. The van der Waals surface area contributed by atoms with Crippen LogP contribution >= 0.6 is 0 Å². The molecule has 0 aromatic rings. The molecule has 0 aliphatic heterocycles. The molecule has 0 atom stereocenters. The van der Waals surface area contributed by atoms with Crippen molar-refractivity contribution in [2.75, 3.05) is 13.2 Å². The molecular formula is C12H27NO. The Hall–Kier alpha value is -0.0800. The maximum Gasteiger partial charge on any atom is 0.0649 e. The highest BCUT2D eigenvalue weighted by atomic mass is 16.5. The molecule has 86 valence electrons. The second-order valence-electron chi connectivity index (χ2n) is 5.72. The van der Waals surface area contributed by atoms with Gasteiger partial charge in [-0.25, -0.2) is 0 Å². The zero-order valence-corrected chi connectivity index (χ0v) is 10.7. The number of nitrogens with two attached hydrogens (primary N) is 1. The third-order valence-corrected chi connectivity index (χ3v) is 3.20. The Morgan fingerprint density at radius 3 is 2.00 bits per heavy atom. The molecule has 2 heteroatoms. The normalized spacial score (nSPS) is 13.7. The van der Waals surface area contributed by atoms with E-state index in [2.05, 4.69) is 41.5 Å². The first-order chi connectivity index (χ1) is 6.21. The number of hydrogen-bond acceptors (Lipinski definition) is 2. The van der Waals surface area contributed by atoms with Gasteiger partial charge in [0.25, 0.3) is 0 Å². The van der Waals surface area contributed by atoms with Crippen LogP contribution < -0.4 is 5.73 Å². The van der Waals surface area contributed by atoms with E-state index in [9.17, 15) is 0 Å². The number of ether oxygens (including phenoxy) is 1. The quantitative estimate of drug-likeness (QED) is 0.717. The number of rotatable bonds is 6. The zero-order valence-electron chi connectivity index (χ0n) is 10.7. The molecular weight excluding hydrogens is 174 g/mol. The van der Waals surface area contributed by atoms with Gasteiger partial charge in [-0.15, -0.1) is 0 Å². The van der Waals surface area contributed by atoms with Gasteiger partial charge in [0.15, 0.2) is 0 Å². The van der Waals surface area contributed by atoms with Crippen molar-refractivity contribution in [2.24, 2.45) is 17.1 Å². The third kappa shape index (κ3) is 4.97. The Kier molecular flexibility index (Phi) is 5.10. The molecule has 0 heterocycles. The van der Waals surface area contributed by atoms with Crippen molar-refractivity contribution in [3.8, 4) is 0 Å². The molecule has 0 fully saturated rings. The van der Waals surface area contributed by atoms with Gasteiger partial charge < -0.3 is 10.5 Å². The fourth-order valence-corrected chi connectivity index (χ4v) is 0.859. The van der Waals surface area contributed by atoms with Crippen LogP contribution in [0, 0.1) is 11.3 Å². The summed E-state index contributed by atoms with van der Waals surface area (Å²) in [6.07, 6.45) is 1.03. The Balaban J connectivity index is 3.85. The molecule has 2 N–H and O–H groups in total. The lowest BCUT2D eigenvalue weighted by molar-refractivity contribution is -0.0585. The Labute approximate surface area is 89.2 Å². The average molecular weight is 201 g/mol. The standard InChI is InChI=1S/C12H27NO/c1-10(2)12(5,6)14-8-7-11(3,4)9-13/h10H,7-9,13H2,1-6H3. The van der Waals surface area contributed by atoms with Gasteiger partial charge >= 0.3 is 0 Å². The van der Waals surface area contributed by atoms with Gasteiger partial charge in [0.1, 0.15) is 0 Å². The minimum atomic E-state index is -0.0231. The van der Waals surface area contributed by atoms with Crippen LogP contribution in [0.15, 0.2) is 0 Å². The highest BCUT2D eigenvalue weighted by Gasteiger charge is 2.24. The van der Waals surface area contributed by atoms with Crippen LogP contribution in [0.2, 0.25) is 0 Å². The van der Waals surface area contributed by atoms with Gasteiger partial charge in [-0.1, -0.05) is 27.7 Å². The molecule has 0 bridgehead atoms. The van der Waals surface area contributed by atoms with Gasteiger partial charge in [0.05, 0.1) is 5.60 Å². The van der Waals surface area contributed by atoms with Crippen molar-refractivity contribution in [1.29, 1.82) is 0 Å². The lowest BCUT2D eigenvalue weighted by Gasteiger charge is -2.31. The van der Waals surface area contributed by atoms with Gasteiger partial charge in [0, 0.05) is 6.61 Å². The average Bonchev–Trinajstić information content (AvgIpc) is 2.03. The summed E-state index contributed by atoms with van der Waals surface area (Å²) in [5, 5.41) is 0. The highest BCUT2D eigenvalue weighted by molar-refractivity contribution is 4.74. The van der Waals surface area contributed by atoms with Crippen molar-refractivity contribution in [3.63, 3.8) is 0 Å². The van der Waals surface area contributed by atoms with Crippen molar-refractivity contribution in [2.45, 2.75) is 53.6 Å². The summed E-state index contributed by atoms with van der Waals surface area (Å²) in [4.78, 5) is 0. The lowest BCUT2D eigenvalue weighted by atomic mass is 9.89. The van der Waals surface area contributed by atoms with Crippen molar-refractivity contribution >= 4 is 0 Å². The van der Waals surface area contributed by atoms with Gasteiger partial charge in [-0.2, -0.15) is 0 Å². The minimum Gasteiger partial charge on any atom is -0.375 e. The molecule has 0 rings (SSSR count). The molecule has 0 radical (unpaired) electrons. The minimum absolute atomic E-state index is 0.0231. The van der Waals surface area contributed by atoms with Crippen molar-refractivity contribution in [3.05, 3.63) is 0 Å². The summed E-state index contributed by atoms with van der Waals surface area (Å²) in [5.41, 5.74) is 5.84. The van der Waals surface area contributed by atoms with Crippen LogP contribution in [-0.4, -0.2) is 18.8 Å². The molecule has 0 aliphatic carbocycles. The molecule has 14 heavy (non-hydrogen) atoms. The fourth-order valence-electron chi connectivity index (χ4n) is 0.859. The third-order valence-electron chi connectivity index (χ3n) is 3.20. The van der Waals surface area contributed by atoms with E-state index in [1.165, 1.54) is 0 Å². The van der Waals surface area contributed by atoms with E-state index < -0.39 is 0 Å². The molecule has 2 nitrogen and oxygen atoms in total. The van der Waals surface area contributed by atoms with E-state index in [4.69, 9.17) is 10.5 Å². The van der Waals surface area contributed by atoms with Gasteiger partial charge in [-0.05, 0) is 38.1 Å². The molecule has 0 saturated heterocycles. The largest absolute Gasteiger partial charge is 0.375 e. The zero-order chi connectivity index (χ0) is 11.4. The summed E-state index contributed by atoms with van der Waals surface area (Å²) in [6, 6.07) is 0. The van der Waals surface area contributed by atoms with E-state index in [0.717, 1.165) is 19.6 Å².